The van der Waals surface area contributed by atoms with Crippen LogP contribution in [0.2, 0.25) is 0 Å². The van der Waals surface area contributed by atoms with Gasteiger partial charge in [0.15, 0.2) is 5.41 Å². The van der Waals surface area contributed by atoms with E-state index in [2.05, 4.69) is 0 Å². The molecule has 1 atom stereocenters. The van der Waals surface area contributed by atoms with E-state index in [1.54, 1.807) is 25.1 Å². The standard InChI is InChI=1S/C16H22O4/c1-4-6-10-16(14(17)18,15(19)20-5-2)13-9-7-8-12(3)11-13/h7-9,11H,4-6,10H2,1-3H3,(H,17,18). The average molecular weight is 278 g/mol. The van der Waals surface area contributed by atoms with Gasteiger partial charge in [0.05, 0.1) is 6.61 Å². The van der Waals surface area contributed by atoms with Crippen LogP contribution in [0.1, 0.15) is 44.2 Å². The molecular weight excluding hydrogens is 256 g/mol. The number of benzene rings is 1. The van der Waals surface area contributed by atoms with Crippen molar-refractivity contribution in [3.05, 3.63) is 35.4 Å². The Morgan fingerprint density at radius 1 is 1.30 bits per heavy atom. The molecule has 0 saturated carbocycles. The van der Waals surface area contributed by atoms with Gasteiger partial charge in [-0.2, -0.15) is 0 Å². The van der Waals surface area contributed by atoms with Crippen molar-refractivity contribution in [3.63, 3.8) is 0 Å². The number of unbranched alkanes of at least 4 members (excludes halogenated alkanes) is 1. The van der Waals surface area contributed by atoms with Crippen LogP contribution in [0.3, 0.4) is 0 Å². The molecule has 0 amide bonds. The molecule has 110 valence electrons. The van der Waals surface area contributed by atoms with Crippen molar-refractivity contribution in [1.82, 2.24) is 0 Å². The first-order valence-corrected chi connectivity index (χ1v) is 6.96. The van der Waals surface area contributed by atoms with Gasteiger partial charge in [-0.25, -0.2) is 0 Å². The Morgan fingerprint density at radius 3 is 2.50 bits per heavy atom. The first-order chi connectivity index (χ1) is 9.48. The highest BCUT2D eigenvalue weighted by Gasteiger charge is 2.48. The maximum Gasteiger partial charge on any atom is 0.328 e. The van der Waals surface area contributed by atoms with Gasteiger partial charge in [-0.15, -0.1) is 0 Å². The Hall–Kier alpha value is -1.84. The van der Waals surface area contributed by atoms with Gasteiger partial charge in [0.25, 0.3) is 0 Å². The number of hydrogen-bond acceptors (Lipinski definition) is 3. The molecule has 0 aliphatic heterocycles. The number of ether oxygens (including phenoxy) is 1. The lowest BCUT2D eigenvalue weighted by atomic mass is 9.76. The molecule has 0 aliphatic rings. The highest BCUT2D eigenvalue weighted by molar-refractivity contribution is 6.05. The van der Waals surface area contributed by atoms with Gasteiger partial charge >= 0.3 is 11.9 Å². The fourth-order valence-electron chi connectivity index (χ4n) is 2.29. The Morgan fingerprint density at radius 2 is 2.00 bits per heavy atom. The van der Waals surface area contributed by atoms with Crippen LogP contribution in [0.25, 0.3) is 0 Å². The predicted octanol–water partition coefficient (Wildman–Crippen LogP) is 3.07. The third-order valence-corrected chi connectivity index (χ3v) is 3.41. The number of rotatable bonds is 7. The number of carbonyl (C=O) groups excluding carboxylic acids is 1. The SMILES string of the molecule is CCCCC(C(=O)O)(C(=O)OCC)c1cccc(C)c1. The van der Waals surface area contributed by atoms with E-state index in [1.807, 2.05) is 19.9 Å². The van der Waals surface area contributed by atoms with Crippen molar-refractivity contribution in [2.24, 2.45) is 0 Å². The van der Waals surface area contributed by atoms with Crippen LogP contribution in [-0.4, -0.2) is 23.7 Å². The predicted molar refractivity (Wildman–Crippen MR) is 76.7 cm³/mol. The minimum atomic E-state index is -1.60. The molecule has 4 nitrogen and oxygen atoms in total. The molecule has 20 heavy (non-hydrogen) atoms. The molecule has 1 aromatic carbocycles. The monoisotopic (exact) mass is 278 g/mol. The summed E-state index contributed by atoms with van der Waals surface area (Å²) < 4.78 is 5.04. The fourth-order valence-corrected chi connectivity index (χ4v) is 2.29. The summed E-state index contributed by atoms with van der Waals surface area (Å²) in [7, 11) is 0. The third kappa shape index (κ3) is 3.18. The van der Waals surface area contributed by atoms with E-state index in [1.165, 1.54) is 0 Å². The highest BCUT2D eigenvalue weighted by atomic mass is 16.5. The third-order valence-electron chi connectivity index (χ3n) is 3.41. The number of carboxylic acids is 1. The molecular formula is C16H22O4. The van der Waals surface area contributed by atoms with Gasteiger partial charge in [-0.3, -0.25) is 9.59 Å². The highest BCUT2D eigenvalue weighted by Crippen LogP contribution is 2.33. The summed E-state index contributed by atoms with van der Waals surface area (Å²) in [4.78, 5) is 24.2. The van der Waals surface area contributed by atoms with Gasteiger partial charge in [0.2, 0.25) is 0 Å². The van der Waals surface area contributed by atoms with Gasteiger partial charge in [0, 0.05) is 0 Å². The van der Waals surface area contributed by atoms with Crippen LogP contribution in [0.5, 0.6) is 0 Å². The summed E-state index contributed by atoms with van der Waals surface area (Å²) >= 11 is 0. The molecule has 1 unspecified atom stereocenters. The number of carbonyl (C=O) groups is 2. The van der Waals surface area contributed by atoms with Crippen LogP contribution >= 0.6 is 0 Å². The lowest BCUT2D eigenvalue weighted by Crippen LogP contribution is -2.45. The largest absolute Gasteiger partial charge is 0.480 e. The van der Waals surface area contributed by atoms with Crippen molar-refractivity contribution < 1.29 is 19.4 Å². The Labute approximate surface area is 119 Å². The number of carboxylic acid groups (broad SMARTS) is 1. The van der Waals surface area contributed by atoms with E-state index < -0.39 is 17.4 Å². The van der Waals surface area contributed by atoms with Crippen LogP contribution in [0, 0.1) is 6.92 Å². The molecule has 0 radical (unpaired) electrons. The van der Waals surface area contributed by atoms with Gasteiger partial charge in [0.1, 0.15) is 0 Å². The fraction of sp³-hybridized carbons (Fsp3) is 0.500. The van der Waals surface area contributed by atoms with Crippen molar-refractivity contribution in [1.29, 1.82) is 0 Å². The molecule has 0 spiro atoms. The van der Waals surface area contributed by atoms with Crippen LogP contribution < -0.4 is 0 Å². The van der Waals surface area contributed by atoms with Crippen molar-refractivity contribution in [3.8, 4) is 0 Å². The Bertz CT molecular complexity index is 481. The number of aryl methyl sites for hydroxylation is 1. The minimum absolute atomic E-state index is 0.172. The zero-order chi connectivity index (χ0) is 15.2. The summed E-state index contributed by atoms with van der Waals surface area (Å²) in [6, 6.07) is 7.09. The second-order valence-corrected chi connectivity index (χ2v) is 4.90. The number of aliphatic carboxylic acids is 1. The van der Waals surface area contributed by atoms with Crippen LogP contribution in [-0.2, 0) is 19.7 Å². The summed E-state index contributed by atoms with van der Waals surface area (Å²) in [6.45, 7) is 5.70. The molecule has 0 bridgehead atoms. The van der Waals surface area contributed by atoms with Crippen LogP contribution in [0.4, 0.5) is 0 Å². The molecule has 0 aliphatic carbocycles. The lowest BCUT2D eigenvalue weighted by molar-refractivity contribution is -0.162. The van der Waals surface area contributed by atoms with E-state index in [0.29, 0.717) is 12.0 Å². The van der Waals surface area contributed by atoms with E-state index in [4.69, 9.17) is 4.74 Å². The summed E-state index contributed by atoms with van der Waals surface area (Å²) in [6.07, 6.45) is 1.72. The molecule has 0 heterocycles. The molecule has 0 fully saturated rings. The summed E-state index contributed by atoms with van der Waals surface area (Å²) in [5.74, 6) is -1.82. The second-order valence-electron chi connectivity index (χ2n) is 4.90. The van der Waals surface area contributed by atoms with Crippen molar-refractivity contribution in [2.45, 2.75) is 45.4 Å². The molecule has 0 saturated heterocycles. The molecule has 0 aromatic heterocycles. The Balaban J connectivity index is 3.36. The Kier molecular flexibility index (Phi) is 5.74. The normalized spacial score (nSPS) is 13.6. The average Bonchev–Trinajstić information content (AvgIpc) is 2.39. The van der Waals surface area contributed by atoms with Gasteiger partial charge in [-0.05, 0) is 25.8 Å². The lowest BCUT2D eigenvalue weighted by Gasteiger charge is -2.27. The summed E-state index contributed by atoms with van der Waals surface area (Å²) in [5.41, 5.74) is -0.177. The molecule has 1 N–H and O–H groups in total. The number of hydrogen-bond donors (Lipinski definition) is 1. The molecule has 1 rings (SSSR count). The second kappa shape index (κ2) is 7.08. The quantitative estimate of drug-likeness (QED) is 0.615. The smallest absolute Gasteiger partial charge is 0.328 e. The molecule has 1 aromatic rings. The van der Waals surface area contributed by atoms with Crippen molar-refractivity contribution >= 4 is 11.9 Å². The maximum absolute atomic E-state index is 12.3. The topological polar surface area (TPSA) is 63.6 Å². The maximum atomic E-state index is 12.3. The van der Waals surface area contributed by atoms with E-state index in [0.717, 1.165) is 12.0 Å². The summed E-state index contributed by atoms with van der Waals surface area (Å²) in [5, 5.41) is 9.69. The zero-order valence-electron chi connectivity index (χ0n) is 12.3. The minimum Gasteiger partial charge on any atom is -0.480 e. The van der Waals surface area contributed by atoms with E-state index in [9.17, 15) is 14.7 Å². The first-order valence-electron chi connectivity index (χ1n) is 6.96. The van der Waals surface area contributed by atoms with Crippen LogP contribution in [0.15, 0.2) is 24.3 Å². The zero-order valence-corrected chi connectivity index (χ0v) is 12.3. The number of esters is 1. The first kappa shape index (κ1) is 16.2. The van der Waals surface area contributed by atoms with E-state index >= 15 is 0 Å². The van der Waals surface area contributed by atoms with Crippen molar-refractivity contribution in [2.75, 3.05) is 6.61 Å². The van der Waals surface area contributed by atoms with E-state index in [-0.39, 0.29) is 13.0 Å². The molecule has 4 heteroatoms. The van der Waals surface area contributed by atoms with Gasteiger partial charge in [-0.1, -0.05) is 49.6 Å². The van der Waals surface area contributed by atoms with Gasteiger partial charge < -0.3 is 9.84 Å².